The van der Waals surface area contributed by atoms with Crippen LogP contribution in [0.4, 0.5) is 5.69 Å². The minimum Gasteiger partial charge on any atom is -0.496 e. The second-order valence-corrected chi connectivity index (χ2v) is 4.90. The van der Waals surface area contributed by atoms with Gasteiger partial charge < -0.3 is 14.5 Å². The van der Waals surface area contributed by atoms with Crippen molar-refractivity contribution in [2.45, 2.75) is 0 Å². The van der Waals surface area contributed by atoms with Crippen molar-refractivity contribution >= 4 is 11.6 Å². The van der Waals surface area contributed by atoms with E-state index in [4.69, 9.17) is 9.15 Å². The first-order valence-corrected chi connectivity index (χ1v) is 7.18. The van der Waals surface area contributed by atoms with Crippen LogP contribution in [-0.2, 0) is 0 Å². The van der Waals surface area contributed by atoms with Crippen LogP contribution in [0, 0.1) is 0 Å². The number of ether oxygens (including phenoxy) is 1. The molecule has 1 amide bonds. The van der Waals surface area contributed by atoms with Crippen molar-refractivity contribution in [2.75, 3.05) is 12.4 Å². The van der Waals surface area contributed by atoms with E-state index in [-0.39, 0.29) is 5.69 Å². The second kappa shape index (κ2) is 6.78. The van der Waals surface area contributed by atoms with E-state index < -0.39 is 11.5 Å². The van der Waals surface area contributed by atoms with Crippen molar-refractivity contribution in [1.29, 1.82) is 0 Å². The quantitative estimate of drug-likeness (QED) is 0.798. The molecule has 0 fully saturated rings. The fourth-order valence-electron chi connectivity index (χ4n) is 2.19. The molecule has 0 atom stereocenters. The van der Waals surface area contributed by atoms with Crippen molar-refractivity contribution in [2.24, 2.45) is 0 Å². The summed E-state index contributed by atoms with van der Waals surface area (Å²) in [5, 5.41) is 2.54. The van der Waals surface area contributed by atoms with Gasteiger partial charge in [-0.15, -0.1) is 0 Å². The number of benzene rings is 1. The van der Waals surface area contributed by atoms with Gasteiger partial charge in [0.15, 0.2) is 0 Å². The molecule has 6 nitrogen and oxygen atoms in total. The van der Waals surface area contributed by atoms with Crippen LogP contribution in [0.3, 0.4) is 0 Å². The molecule has 0 radical (unpaired) electrons. The Hall–Kier alpha value is -3.41. The molecular weight excluding hydrogens is 308 g/mol. The third-order valence-corrected chi connectivity index (χ3v) is 3.37. The van der Waals surface area contributed by atoms with E-state index in [0.29, 0.717) is 22.6 Å². The molecule has 0 aliphatic carbocycles. The van der Waals surface area contributed by atoms with Crippen molar-refractivity contribution in [3.8, 4) is 17.1 Å². The lowest BCUT2D eigenvalue weighted by Gasteiger charge is -2.08. The highest BCUT2D eigenvalue weighted by atomic mass is 16.5. The summed E-state index contributed by atoms with van der Waals surface area (Å²) in [4.78, 5) is 28.4. The molecular formula is C18H14N2O4. The standard InChI is InChI=1S/C18H14N2O4/c1-23-16-7-3-2-6-13(16)17(21)20-14-8-9-15(24-18(14)22)12-5-4-10-19-11-12/h2-11H,1H3,(H,20,21). The largest absolute Gasteiger partial charge is 0.496 e. The van der Waals surface area contributed by atoms with Gasteiger partial charge in [-0.25, -0.2) is 4.79 Å². The zero-order valence-corrected chi connectivity index (χ0v) is 12.9. The molecule has 1 N–H and O–H groups in total. The predicted molar refractivity (Wildman–Crippen MR) is 89.2 cm³/mol. The lowest BCUT2D eigenvalue weighted by atomic mass is 10.2. The SMILES string of the molecule is COc1ccccc1C(=O)Nc1ccc(-c2cccnc2)oc1=O. The average Bonchev–Trinajstić information content (AvgIpc) is 2.64. The van der Waals surface area contributed by atoms with Crippen molar-refractivity contribution in [1.82, 2.24) is 4.98 Å². The van der Waals surface area contributed by atoms with E-state index in [1.165, 1.54) is 13.2 Å². The number of hydrogen-bond donors (Lipinski definition) is 1. The predicted octanol–water partition coefficient (Wildman–Crippen LogP) is 2.96. The van der Waals surface area contributed by atoms with Crippen LogP contribution >= 0.6 is 0 Å². The van der Waals surface area contributed by atoms with E-state index in [9.17, 15) is 9.59 Å². The second-order valence-electron chi connectivity index (χ2n) is 4.90. The topological polar surface area (TPSA) is 81.4 Å². The molecule has 1 aromatic carbocycles. The third-order valence-electron chi connectivity index (χ3n) is 3.37. The number of nitrogens with one attached hydrogen (secondary N) is 1. The molecule has 0 aliphatic heterocycles. The molecule has 0 spiro atoms. The Morgan fingerprint density at radius 1 is 1.12 bits per heavy atom. The Bertz CT molecular complexity index is 920. The maximum atomic E-state index is 12.3. The fourth-order valence-corrected chi connectivity index (χ4v) is 2.19. The molecule has 3 aromatic rings. The zero-order chi connectivity index (χ0) is 16.9. The molecule has 2 aromatic heterocycles. The minimum atomic E-state index is -0.639. The molecule has 2 heterocycles. The van der Waals surface area contributed by atoms with Gasteiger partial charge in [-0.3, -0.25) is 9.78 Å². The Labute approximate surface area is 137 Å². The normalized spacial score (nSPS) is 10.2. The lowest BCUT2D eigenvalue weighted by Crippen LogP contribution is -2.18. The van der Waals surface area contributed by atoms with Crippen LogP contribution in [0.15, 0.2) is 70.1 Å². The Morgan fingerprint density at radius 3 is 2.67 bits per heavy atom. The number of anilines is 1. The van der Waals surface area contributed by atoms with Gasteiger partial charge in [0.25, 0.3) is 5.91 Å². The van der Waals surface area contributed by atoms with Crippen LogP contribution in [0.2, 0.25) is 0 Å². The Balaban J connectivity index is 1.86. The van der Waals surface area contributed by atoms with Crippen LogP contribution < -0.4 is 15.7 Å². The van der Waals surface area contributed by atoms with Gasteiger partial charge in [-0.2, -0.15) is 0 Å². The first-order chi connectivity index (χ1) is 11.7. The number of aromatic nitrogens is 1. The monoisotopic (exact) mass is 322 g/mol. The highest BCUT2D eigenvalue weighted by Crippen LogP contribution is 2.20. The minimum absolute atomic E-state index is 0.0542. The molecule has 0 saturated carbocycles. The highest BCUT2D eigenvalue weighted by Gasteiger charge is 2.14. The molecule has 0 aliphatic rings. The van der Waals surface area contributed by atoms with Crippen LogP contribution in [0.5, 0.6) is 5.75 Å². The van der Waals surface area contributed by atoms with Gasteiger partial charge in [0.05, 0.1) is 12.7 Å². The van der Waals surface area contributed by atoms with Crippen LogP contribution in [0.1, 0.15) is 10.4 Å². The fraction of sp³-hybridized carbons (Fsp3) is 0.0556. The summed E-state index contributed by atoms with van der Waals surface area (Å²) < 4.78 is 10.4. The molecule has 6 heteroatoms. The van der Waals surface area contributed by atoms with Crippen molar-refractivity contribution < 1.29 is 13.9 Å². The summed E-state index contributed by atoms with van der Waals surface area (Å²) in [5.74, 6) is 0.351. The third kappa shape index (κ3) is 3.17. The van der Waals surface area contributed by atoms with Gasteiger partial charge in [-0.05, 0) is 36.4 Å². The van der Waals surface area contributed by atoms with E-state index >= 15 is 0 Å². The highest BCUT2D eigenvalue weighted by molar-refractivity contribution is 6.06. The van der Waals surface area contributed by atoms with E-state index in [0.717, 1.165) is 0 Å². The van der Waals surface area contributed by atoms with E-state index in [1.807, 2.05) is 0 Å². The number of carbonyl (C=O) groups excluding carboxylic acids is 1. The van der Waals surface area contributed by atoms with Gasteiger partial charge in [0, 0.05) is 18.0 Å². The molecule has 24 heavy (non-hydrogen) atoms. The van der Waals surface area contributed by atoms with Crippen LogP contribution in [0.25, 0.3) is 11.3 Å². The van der Waals surface area contributed by atoms with Crippen LogP contribution in [-0.4, -0.2) is 18.0 Å². The Morgan fingerprint density at radius 2 is 1.96 bits per heavy atom. The summed E-state index contributed by atoms with van der Waals surface area (Å²) in [7, 11) is 1.48. The summed E-state index contributed by atoms with van der Waals surface area (Å²) in [6.07, 6.45) is 3.22. The molecule has 0 unspecified atom stereocenters. The summed E-state index contributed by atoms with van der Waals surface area (Å²) in [6, 6.07) is 13.4. The van der Waals surface area contributed by atoms with Gasteiger partial charge in [0.2, 0.25) is 0 Å². The molecule has 0 saturated heterocycles. The Kier molecular flexibility index (Phi) is 4.38. The number of amides is 1. The average molecular weight is 322 g/mol. The van der Waals surface area contributed by atoms with Gasteiger partial charge in [0.1, 0.15) is 17.2 Å². The maximum absolute atomic E-state index is 12.3. The molecule has 3 rings (SSSR count). The first-order valence-electron chi connectivity index (χ1n) is 7.18. The number of rotatable bonds is 4. The number of hydrogen-bond acceptors (Lipinski definition) is 5. The summed E-state index contributed by atoms with van der Waals surface area (Å²) in [6.45, 7) is 0. The zero-order valence-electron chi connectivity index (χ0n) is 12.9. The first kappa shape index (κ1) is 15.5. The number of nitrogens with zero attached hydrogens (tertiary/aromatic N) is 1. The van der Waals surface area contributed by atoms with Gasteiger partial charge >= 0.3 is 5.63 Å². The van der Waals surface area contributed by atoms with Crippen molar-refractivity contribution in [3.05, 3.63) is 76.9 Å². The number of carbonyl (C=O) groups is 1. The number of pyridine rings is 1. The summed E-state index contributed by atoms with van der Waals surface area (Å²) >= 11 is 0. The molecule has 120 valence electrons. The van der Waals surface area contributed by atoms with Gasteiger partial charge in [-0.1, -0.05) is 12.1 Å². The summed E-state index contributed by atoms with van der Waals surface area (Å²) in [5.41, 5.74) is 0.422. The number of para-hydroxylation sites is 1. The maximum Gasteiger partial charge on any atom is 0.360 e. The molecule has 0 bridgehead atoms. The van der Waals surface area contributed by atoms with E-state index in [1.54, 1.807) is 54.9 Å². The smallest absolute Gasteiger partial charge is 0.360 e. The van der Waals surface area contributed by atoms with E-state index in [2.05, 4.69) is 10.3 Å². The van der Waals surface area contributed by atoms with Crippen molar-refractivity contribution in [3.63, 3.8) is 0 Å². The number of methoxy groups -OCH3 is 1. The lowest BCUT2D eigenvalue weighted by molar-refractivity contribution is 0.102.